The summed E-state index contributed by atoms with van der Waals surface area (Å²) in [7, 11) is 0.979. The van der Waals surface area contributed by atoms with E-state index in [-0.39, 0.29) is 0 Å². The van der Waals surface area contributed by atoms with Gasteiger partial charge in [0.05, 0.1) is 7.11 Å². The van der Waals surface area contributed by atoms with Crippen molar-refractivity contribution in [1.82, 2.24) is 0 Å². The predicted octanol–water partition coefficient (Wildman–Crippen LogP) is -0.551. The second kappa shape index (κ2) is 12.3. The first-order valence-corrected chi connectivity index (χ1v) is 8.29. The standard InChI is InChI=1S/C17H24O12/c1-8(18)25-7-13(26-9(2)19)14(27-10(3)20)15(28-11(4)21)16(17(23)24-6)29-12(5)22/h13-16H,7H2,1-6H3/t13-,14+,15-,16+/m0/s1. The molecule has 29 heavy (non-hydrogen) atoms. The Bertz CT molecular complexity index is 640. The molecule has 0 saturated heterocycles. The normalized spacial score (nSPS) is 14.3. The molecule has 0 aliphatic heterocycles. The van der Waals surface area contributed by atoms with Crippen LogP contribution < -0.4 is 0 Å². The van der Waals surface area contributed by atoms with E-state index in [0.29, 0.717) is 0 Å². The number of methoxy groups -OCH3 is 1. The number of carbonyl (C=O) groups is 6. The Kier molecular flexibility index (Phi) is 11.0. The van der Waals surface area contributed by atoms with Gasteiger partial charge in [-0.1, -0.05) is 0 Å². The van der Waals surface area contributed by atoms with Gasteiger partial charge in [-0.05, 0) is 0 Å². The minimum Gasteiger partial charge on any atom is -0.466 e. The van der Waals surface area contributed by atoms with Gasteiger partial charge in [-0.2, -0.15) is 0 Å². The third kappa shape index (κ3) is 10.1. The quantitative estimate of drug-likeness (QED) is 0.328. The molecule has 4 atom stereocenters. The topological polar surface area (TPSA) is 158 Å². The molecule has 0 rings (SSSR count). The molecule has 0 aliphatic rings. The van der Waals surface area contributed by atoms with Gasteiger partial charge in [0.25, 0.3) is 0 Å². The molecule has 164 valence electrons. The molecule has 0 aromatic heterocycles. The van der Waals surface area contributed by atoms with E-state index < -0.39 is 66.8 Å². The third-order valence-corrected chi connectivity index (χ3v) is 3.09. The zero-order valence-electron chi connectivity index (χ0n) is 16.9. The van der Waals surface area contributed by atoms with Crippen molar-refractivity contribution in [2.75, 3.05) is 13.7 Å². The van der Waals surface area contributed by atoms with E-state index >= 15 is 0 Å². The van der Waals surface area contributed by atoms with E-state index in [2.05, 4.69) is 4.74 Å². The molecule has 0 fully saturated rings. The van der Waals surface area contributed by atoms with Crippen molar-refractivity contribution in [1.29, 1.82) is 0 Å². The molecule has 0 amide bonds. The number of hydrogen-bond donors (Lipinski definition) is 0. The summed E-state index contributed by atoms with van der Waals surface area (Å²) in [5.74, 6) is -5.55. The van der Waals surface area contributed by atoms with E-state index in [1.165, 1.54) is 0 Å². The van der Waals surface area contributed by atoms with Gasteiger partial charge in [0.1, 0.15) is 6.61 Å². The van der Waals surface area contributed by atoms with Crippen LogP contribution in [0.4, 0.5) is 0 Å². The first-order chi connectivity index (χ1) is 13.4. The lowest BCUT2D eigenvalue weighted by Crippen LogP contribution is -2.55. The van der Waals surface area contributed by atoms with Crippen molar-refractivity contribution in [3.63, 3.8) is 0 Å². The van der Waals surface area contributed by atoms with E-state index in [4.69, 9.17) is 23.7 Å². The van der Waals surface area contributed by atoms with Crippen molar-refractivity contribution in [2.45, 2.75) is 59.0 Å². The summed E-state index contributed by atoms with van der Waals surface area (Å²) in [6, 6.07) is 0. The molecule has 12 heteroatoms. The van der Waals surface area contributed by atoms with Gasteiger partial charge in [0, 0.05) is 34.6 Å². The summed E-state index contributed by atoms with van der Waals surface area (Å²) in [5, 5.41) is 0. The predicted molar refractivity (Wildman–Crippen MR) is 90.9 cm³/mol. The average molecular weight is 420 g/mol. The lowest BCUT2D eigenvalue weighted by molar-refractivity contribution is -0.207. The monoisotopic (exact) mass is 420 g/mol. The van der Waals surface area contributed by atoms with Gasteiger partial charge < -0.3 is 28.4 Å². The van der Waals surface area contributed by atoms with Crippen molar-refractivity contribution >= 4 is 35.8 Å². The SMILES string of the molecule is COC(=O)[C@H](OC(C)=O)[C@@H](OC(C)=O)[C@H](OC(C)=O)[C@H](COC(C)=O)OC(C)=O. The van der Waals surface area contributed by atoms with Crippen LogP contribution in [0.5, 0.6) is 0 Å². The summed E-state index contributed by atoms with van der Waals surface area (Å²) >= 11 is 0. The first kappa shape index (κ1) is 25.8. The molecule has 0 radical (unpaired) electrons. The van der Waals surface area contributed by atoms with Crippen LogP contribution in [-0.2, 0) is 57.2 Å². The van der Waals surface area contributed by atoms with Crippen LogP contribution in [0.2, 0.25) is 0 Å². The van der Waals surface area contributed by atoms with Gasteiger partial charge in [0.2, 0.25) is 6.10 Å². The maximum absolute atomic E-state index is 12.1. The van der Waals surface area contributed by atoms with Crippen molar-refractivity contribution in [2.24, 2.45) is 0 Å². The largest absolute Gasteiger partial charge is 0.466 e. The van der Waals surface area contributed by atoms with E-state index in [0.717, 1.165) is 41.7 Å². The summed E-state index contributed by atoms with van der Waals surface area (Å²) in [4.78, 5) is 69.5. The highest BCUT2D eigenvalue weighted by atomic mass is 16.6. The fourth-order valence-corrected chi connectivity index (χ4v) is 2.19. The molecule has 0 aliphatic carbocycles. The Balaban J connectivity index is 6.29. The average Bonchev–Trinajstić information content (AvgIpc) is 2.58. The maximum atomic E-state index is 12.1. The smallest absolute Gasteiger partial charge is 0.351 e. The van der Waals surface area contributed by atoms with Gasteiger partial charge in [-0.15, -0.1) is 0 Å². The molecule has 0 saturated carbocycles. The highest BCUT2D eigenvalue weighted by molar-refractivity contribution is 5.80. The Morgan fingerprint density at radius 2 is 1.07 bits per heavy atom. The number of esters is 6. The van der Waals surface area contributed by atoms with Gasteiger partial charge in [-0.25, -0.2) is 4.79 Å². The van der Waals surface area contributed by atoms with Crippen molar-refractivity contribution < 1.29 is 57.2 Å². The fraction of sp³-hybridized carbons (Fsp3) is 0.647. The fourth-order valence-electron chi connectivity index (χ4n) is 2.19. The van der Waals surface area contributed by atoms with Crippen LogP contribution >= 0.6 is 0 Å². The van der Waals surface area contributed by atoms with Crippen LogP contribution in [0, 0.1) is 0 Å². The third-order valence-electron chi connectivity index (χ3n) is 3.09. The molecular weight excluding hydrogens is 396 g/mol. The van der Waals surface area contributed by atoms with E-state index in [1.54, 1.807) is 0 Å². The summed E-state index contributed by atoms with van der Waals surface area (Å²) in [6.45, 7) is 4.44. The highest BCUT2D eigenvalue weighted by Gasteiger charge is 2.47. The highest BCUT2D eigenvalue weighted by Crippen LogP contribution is 2.21. The Labute approximate surface area is 166 Å². The van der Waals surface area contributed by atoms with Crippen LogP contribution in [0.1, 0.15) is 34.6 Å². The number of carbonyl (C=O) groups excluding carboxylic acids is 6. The van der Waals surface area contributed by atoms with Crippen molar-refractivity contribution in [3.05, 3.63) is 0 Å². The Morgan fingerprint density at radius 3 is 1.45 bits per heavy atom. The first-order valence-electron chi connectivity index (χ1n) is 8.29. The number of ether oxygens (including phenoxy) is 6. The molecule has 0 N–H and O–H groups in total. The summed E-state index contributed by atoms with van der Waals surface area (Å²) in [5.41, 5.74) is 0. The molecule has 0 bridgehead atoms. The zero-order valence-corrected chi connectivity index (χ0v) is 16.9. The number of rotatable bonds is 10. The van der Waals surface area contributed by atoms with Crippen LogP contribution in [0.3, 0.4) is 0 Å². The van der Waals surface area contributed by atoms with Gasteiger partial charge >= 0.3 is 35.8 Å². The van der Waals surface area contributed by atoms with Crippen molar-refractivity contribution in [3.8, 4) is 0 Å². The lowest BCUT2D eigenvalue weighted by Gasteiger charge is -2.34. The second-order valence-corrected chi connectivity index (χ2v) is 5.65. The molecule has 0 aromatic carbocycles. The number of hydrogen-bond acceptors (Lipinski definition) is 12. The lowest BCUT2D eigenvalue weighted by atomic mass is 10.0. The zero-order chi connectivity index (χ0) is 22.7. The van der Waals surface area contributed by atoms with E-state index in [1.807, 2.05) is 0 Å². The Morgan fingerprint density at radius 1 is 0.621 bits per heavy atom. The molecule has 0 heterocycles. The van der Waals surface area contributed by atoms with Crippen LogP contribution in [0.15, 0.2) is 0 Å². The van der Waals surface area contributed by atoms with Gasteiger partial charge in [-0.3, -0.25) is 24.0 Å². The minimum absolute atomic E-state index is 0.613. The summed E-state index contributed by atoms with van der Waals surface area (Å²) < 4.78 is 29.4. The van der Waals surface area contributed by atoms with Gasteiger partial charge in [0.15, 0.2) is 18.3 Å². The minimum atomic E-state index is -1.87. The van der Waals surface area contributed by atoms with Crippen LogP contribution in [-0.4, -0.2) is 73.9 Å². The molecule has 12 nitrogen and oxygen atoms in total. The maximum Gasteiger partial charge on any atom is 0.351 e. The Hall–Kier alpha value is -3.18. The second-order valence-electron chi connectivity index (χ2n) is 5.65. The molecule has 0 spiro atoms. The van der Waals surface area contributed by atoms with E-state index in [9.17, 15) is 28.8 Å². The van der Waals surface area contributed by atoms with Crippen LogP contribution in [0.25, 0.3) is 0 Å². The molecule has 0 unspecified atom stereocenters. The molecular formula is C17H24O12. The molecule has 0 aromatic rings. The summed E-state index contributed by atoms with van der Waals surface area (Å²) in [6.07, 6.45) is -6.86.